The molecule has 0 spiro atoms. The highest BCUT2D eigenvalue weighted by Gasteiger charge is 2.04. The van der Waals surface area contributed by atoms with Gasteiger partial charge in [-0.1, -0.05) is 24.3 Å². The number of H-pyrrole nitrogens is 1. The number of nitriles is 1. The first-order valence-corrected chi connectivity index (χ1v) is 4.71. The van der Waals surface area contributed by atoms with E-state index in [-0.39, 0.29) is 0 Å². The number of hydrogen-bond donors (Lipinski definition) is 2. The lowest BCUT2D eigenvalue weighted by molar-refractivity contribution is 1.07. The topological polar surface area (TPSA) is 65.6 Å². The number of aromatic amines is 1. The van der Waals surface area contributed by atoms with E-state index in [9.17, 15) is 0 Å². The van der Waals surface area contributed by atoms with E-state index < -0.39 is 0 Å². The largest absolute Gasteiger partial charge is 0.366 e. The van der Waals surface area contributed by atoms with Gasteiger partial charge in [0.25, 0.3) is 0 Å². The third-order valence-electron chi connectivity index (χ3n) is 2.37. The van der Waals surface area contributed by atoms with E-state index in [0.717, 1.165) is 16.7 Å². The Hall–Kier alpha value is -2.05. The fraction of sp³-hybridized carbons (Fsp3) is 0.0833. The van der Waals surface area contributed by atoms with Crippen LogP contribution in [0.3, 0.4) is 0 Å². The number of aromatic nitrogens is 1. The normalized spacial score (nSPS) is 9.87. The Bertz CT molecular complexity index is 488. The van der Waals surface area contributed by atoms with Crippen LogP contribution in [0.15, 0.2) is 36.7 Å². The fourth-order valence-electron chi connectivity index (χ4n) is 1.52. The SMILES string of the molecule is N#Cc1c[nH]cc1-c1ccc(CN)cc1. The van der Waals surface area contributed by atoms with Crippen molar-refractivity contribution in [3.8, 4) is 17.2 Å². The van der Waals surface area contributed by atoms with Crippen LogP contribution in [0.25, 0.3) is 11.1 Å². The minimum absolute atomic E-state index is 0.540. The summed E-state index contributed by atoms with van der Waals surface area (Å²) in [7, 11) is 0. The van der Waals surface area contributed by atoms with Gasteiger partial charge in [0.05, 0.1) is 5.56 Å². The van der Waals surface area contributed by atoms with Crippen LogP contribution < -0.4 is 5.73 Å². The lowest BCUT2D eigenvalue weighted by atomic mass is 10.0. The van der Waals surface area contributed by atoms with Crippen LogP contribution >= 0.6 is 0 Å². The molecule has 1 aromatic carbocycles. The van der Waals surface area contributed by atoms with E-state index in [4.69, 9.17) is 11.0 Å². The molecule has 0 aliphatic heterocycles. The Labute approximate surface area is 88.2 Å². The number of nitrogens with two attached hydrogens (primary N) is 1. The smallest absolute Gasteiger partial charge is 0.101 e. The van der Waals surface area contributed by atoms with E-state index in [2.05, 4.69) is 11.1 Å². The number of benzene rings is 1. The summed E-state index contributed by atoms with van der Waals surface area (Å²) in [5.41, 5.74) is 9.23. The van der Waals surface area contributed by atoms with Crippen molar-refractivity contribution in [2.24, 2.45) is 5.73 Å². The summed E-state index contributed by atoms with van der Waals surface area (Å²) >= 11 is 0. The summed E-state index contributed by atoms with van der Waals surface area (Å²) in [6.45, 7) is 0.540. The molecule has 0 unspecified atom stereocenters. The van der Waals surface area contributed by atoms with Crippen LogP contribution in [0.1, 0.15) is 11.1 Å². The number of nitrogens with zero attached hydrogens (tertiary/aromatic N) is 1. The lowest BCUT2D eigenvalue weighted by Crippen LogP contribution is -1.95. The van der Waals surface area contributed by atoms with Crippen molar-refractivity contribution in [2.45, 2.75) is 6.54 Å². The van der Waals surface area contributed by atoms with Crippen LogP contribution in [0.4, 0.5) is 0 Å². The molecule has 1 heterocycles. The zero-order valence-electron chi connectivity index (χ0n) is 8.20. The van der Waals surface area contributed by atoms with Gasteiger partial charge in [0.15, 0.2) is 0 Å². The Morgan fingerprint density at radius 2 is 1.93 bits per heavy atom. The van der Waals surface area contributed by atoms with E-state index >= 15 is 0 Å². The first-order chi connectivity index (χ1) is 7.35. The van der Waals surface area contributed by atoms with Gasteiger partial charge in [0.2, 0.25) is 0 Å². The highest BCUT2D eigenvalue weighted by molar-refractivity contribution is 5.69. The van der Waals surface area contributed by atoms with Crippen molar-refractivity contribution in [3.63, 3.8) is 0 Å². The molecule has 0 amide bonds. The van der Waals surface area contributed by atoms with Crippen LogP contribution in [-0.2, 0) is 6.54 Å². The molecular formula is C12H11N3. The van der Waals surface area contributed by atoms with Gasteiger partial charge in [-0.25, -0.2) is 0 Å². The minimum Gasteiger partial charge on any atom is -0.366 e. The molecule has 0 aliphatic rings. The predicted molar refractivity (Wildman–Crippen MR) is 58.8 cm³/mol. The number of hydrogen-bond acceptors (Lipinski definition) is 2. The van der Waals surface area contributed by atoms with Crippen molar-refractivity contribution in [3.05, 3.63) is 47.8 Å². The van der Waals surface area contributed by atoms with Crippen LogP contribution in [0.2, 0.25) is 0 Å². The molecule has 2 rings (SSSR count). The molecule has 2 aromatic rings. The summed E-state index contributed by atoms with van der Waals surface area (Å²) in [5, 5.41) is 8.88. The maximum absolute atomic E-state index is 8.88. The van der Waals surface area contributed by atoms with Gasteiger partial charge in [-0.05, 0) is 11.1 Å². The quantitative estimate of drug-likeness (QED) is 0.773. The predicted octanol–water partition coefficient (Wildman–Crippen LogP) is 2.01. The first kappa shape index (κ1) is 9.50. The second-order valence-corrected chi connectivity index (χ2v) is 3.30. The van der Waals surface area contributed by atoms with E-state index in [0.29, 0.717) is 12.1 Å². The van der Waals surface area contributed by atoms with Gasteiger partial charge >= 0.3 is 0 Å². The zero-order chi connectivity index (χ0) is 10.7. The van der Waals surface area contributed by atoms with Gasteiger partial charge in [0, 0.05) is 24.5 Å². The summed E-state index contributed by atoms with van der Waals surface area (Å²) in [6, 6.07) is 10.1. The molecule has 0 saturated carbocycles. The molecule has 74 valence electrons. The van der Waals surface area contributed by atoms with Gasteiger partial charge in [-0.2, -0.15) is 5.26 Å². The van der Waals surface area contributed by atoms with Gasteiger partial charge in [-0.15, -0.1) is 0 Å². The summed E-state index contributed by atoms with van der Waals surface area (Å²) in [6.07, 6.45) is 3.53. The Morgan fingerprint density at radius 1 is 1.20 bits per heavy atom. The third kappa shape index (κ3) is 1.76. The molecule has 1 aromatic heterocycles. The minimum atomic E-state index is 0.540. The second-order valence-electron chi connectivity index (χ2n) is 3.30. The zero-order valence-corrected chi connectivity index (χ0v) is 8.20. The van der Waals surface area contributed by atoms with Crippen LogP contribution in [0.5, 0.6) is 0 Å². The first-order valence-electron chi connectivity index (χ1n) is 4.71. The molecule has 0 fully saturated rings. The van der Waals surface area contributed by atoms with Crippen LogP contribution in [0, 0.1) is 11.3 Å². The maximum Gasteiger partial charge on any atom is 0.101 e. The van der Waals surface area contributed by atoms with Crippen LogP contribution in [-0.4, -0.2) is 4.98 Å². The second kappa shape index (κ2) is 3.99. The number of rotatable bonds is 2. The molecule has 0 radical (unpaired) electrons. The molecule has 0 bridgehead atoms. The van der Waals surface area contributed by atoms with E-state index in [1.54, 1.807) is 6.20 Å². The van der Waals surface area contributed by atoms with Crippen molar-refractivity contribution in [1.82, 2.24) is 4.98 Å². The molecule has 0 aliphatic carbocycles. The summed E-state index contributed by atoms with van der Waals surface area (Å²) < 4.78 is 0. The summed E-state index contributed by atoms with van der Waals surface area (Å²) in [5.74, 6) is 0. The van der Waals surface area contributed by atoms with Crippen molar-refractivity contribution in [2.75, 3.05) is 0 Å². The van der Waals surface area contributed by atoms with Crippen molar-refractivity contribution < 1.29 is 0 Å². The molecule has 0 saturated heterocycles. The van der Waals surface area contributed by atoms with Gasteiger partial charge < -0.3 is 10.7 Å². The average Bonchev–Trinajstić information content (AvgIpc) is 2.77. The molecule has 0 atom stereocenters. The van der Waals surface area contributed by atoms with E-state index in [1.165, 1.54) is 0 Å². The summed E-state index contributed by atoms with van der Waals surface area (Å²) in [4.78, 5) is 2.93. The molecule has 3 heteroatoms. The molecule has 3 N–H and O–H groups in total. The standard InChI is InChI=1S/C12H11N3/c13-5-9-1-3-10(4-2-9)12-8-15-7-11(12)6-14/h1-4,7-8,15H,5,13H2. The Kier molecular flexibility index (Phi) is 2.53. The van der Waals surface area contributed by atoms with Crippen molar-refractivity contribution >= 4 is 0 Å². The average molecular weight is 197 g/mol. The molecule has 15 heavy (non-hydrogen) atoms. The lowest BCUT2D eigenvalue weighted by Gasteiger charge is -2.00. The third-order valence-corrected chi connectivity index (χ3v) is 2.37. The molecule has 3 nitrogen and oxygen atoms in total. The Balaban J connectivity index is 2.42. The highest BCUT2D eigenvalue weighted by atomic mass is 14.6. The Morgan fingerprint density at radius 3 is 2.53 bits per heavy atom. The number of nitrogens with one attached hydrogen (secondary N) is 1. The van der Waals surface area contributed by atoms with E-state index in [1.807, 2.05) is 30.5 Å². The van der Waals surface area contributed by atoms with Crippen molar-refractivity contribution in [1.29, 1.82) is 5.26 Å². The maximum atomic E-state index is 8.88. The highest BCUT2D eigenvalue weighted by Crippen LogP contribution is 2.22. The monoisotopic (exact) mass is 197 g/mol. The van der Waals surface area contributed by atoms with Gasteiger partial charge in [-0.3, -0.25) is 0 Å². The fourth-order valence-corrected chi connectivity index (χ4v) is 1.52. The van der Waals surface area contributed by atoms with Gasteiger partial charge in [0.1, 0.15) is 6.07 Å². The molecular weight excluding hydrogens is 186 g/mol.